The van der Waals surface area contributed by atoms with Gasteiger partial charge in [-0.15, -0.1) is 0 Å². The van der Waals surface area contributed by atoms with E-state index >= 15 is 0 Å². The zero-order chi connectivity index (χ0) is 22.1. The van der Waals surface area contributed by atoms with Gasteiger partial charge in [0, 0.05) is 17.1 Å². The summed E-state index contributed by atoms with van der Waals surface area (Å²) in [6, 6.07) is 10.7. The Morgan fingerprint density at radius 2 is 1.97 bits per heavy atom. The molecule has 1 heterocycles. The second kappa shape index (κ2) is 8.47. The van der Waals surface area contributed by atoms with Crippen molar-refractivity contribution in [1.82, 2.24) is 19.7 Å². The number of hydrogen-bond acceptors (Lipinski definition) is 4. The Labute approximate surface area is 182 Å². The first-order chi connectivity index (χ1) is 14.8. The highest BCUT2D eigenvalue weighted by Crippen LogP contribution is 2.27. The molecule has 0 unspecified atom stereocenters. The smallest absolute Gasteiger partial charge is 0.350 e. The third-order valence-corrected chi connectivity index (χ3v) is 5.62. The van der Waals surface area contributed by atoms with Crippen LogP contribution < -0.4 is 16.6 Å². The van der Waals surface area contributed by atoms with Crippen molar-refractivity contribution in [3.05, 3.63) is 91.0 Å². The van der Waals surface area contributed by atoms with Gasteiger partial charge in [0.25, 0.3) is 11.5 Å². The van der Waals surface area contributed by atoms with Crippen molar-refractivity contribution in [2.45, 2.75) is 26.3 Å². The number of amides is 1. The molecule has 31 heavy (non-hydrogen) atoms. The van der Waals surface area contributed by atoms with Crippen LogP contribution in [-0.2, 0) is 6.54 Å². The molecule has 9 heteroatoms. The second-order valence-electron chi connectivity index (χ2n) is 7.61. The Morgan fingerprint density at radius 3 is 2.65 bits per heavy atom. The van der Waals surface area contributed by atoms with Crippen LogP contribution in [0.5, 0.6) is 0 Å². The van der Waals surface area contributed by atoms with E-state index in [0.717, 1.165) is 27.7 Å². The molecule has 2 aromatic carbocycles. The predicted octanol–water partition coefficient (Wildman–Crippen LogP) is 2.68. The lowest BCUT2D eigenvalue weighted by atomic mass is 10.2. The maximum absolute atomic E-state index is 14.2. The van der Waals surface area contributed by atoms with Gasteiger partial charge in [-0.1, -0.05) is 35.9 Å². The second-order valence-corrected chi connectivity index (χ2v) is 8.02. The first kappa shape index (κ1) is 21.0. The highest BCUT2D eigenvalue weighted by atomic mass is 35.5. The predicted molar refractivity (Wildman–Crippen MR) is 114 cm³/mol. The van der Waals surface area contributed by atoms with E-state index in [2.05, 4.69) is 10.4 Å². The van der Waals surface area contributed by atoms with Crippen molar-refractivity contribution in [3.63, 3.8) is 0 Å². The average Bonchev–Trinajstić information content (AvgIpc) is 3.57. The molecule has 0 bridgehead atoms. The van der Waals surface area contributed by atoms with Crippen molar-refractivity contribution in [2.24, 2.45) is 5.92 Å². The summed E-state index contributed by atoms with van der Waals surface area (Å²) >= 11 is 6.19. The van der Waals surface area contributed by atoms with Gasteiger partial charge in [-0.3, -0.25) is 14.2 Å². The van der Waals surface area contributed by atoms with E-state index < -0.39 is 28.7 Å². The topological polar surface area (TPSA) is 86.0 Å². The number of nitrogens with zero attached hydrogens (tertiary/aromatic N) is 3. The molecule has 0 saturated heterocycles. The van der Waals surface area contributed by atoms with Gasteiger partial charge in [0.2, 0.25) is 5.69 Å². The quantitative estimate of drug-likeness (QED) is 0.636. The van der Waals surface area contributed by atoms with Gasteiger partial charge >= 0.3 is 5.69 Å². The number of aryl methyl sites for hydroxylation is 1. The Bertz CT molecular complexity index is 1280. The Morgan fingerprint density at radius 1 is 1.23 bits per heavy atom. The molecule has 160 valence electrons. The molecule has 1 N–H and O–H groups in total. The third-order valence-electron chi connectivity index (χ3n) is 5.21. The van der Waals surface area contributed by atoms with Gasteiger partial charge in [-0.25, -0.2) is 9.18 Å². The number of benzene rings is 2. The van der Waals surface area contributed by atoms with Crippen LogP contribution in [0.3, 0.4) is 0 Å². The highest BCUT2D eigenvalue weighted by Gasteiger charge is 2.25. The fourth-order valence-electron chi connectivity index (χ4n) is 3.12. The minimum atomic E-state index is -0.879. The van der Waals surface area contributed by atoms with Gasteiger partial charge in [-0.05, 0) is 49.4 Å². The average molecular weight is 443 g/mol. The van der Waals surface area contributed by atoms with E-state index in [4.69, 9.17) is 11.6 Å². The largest absolute Gasteiger partial charge is 0.352 e. The van der Waals surface area contributed by atoms with Gasteiger partial charge in [-0.2, -0.15) is 9.78 Å². The van der Waals surface area contributed by atoms with Crippen LogP contribution in [0.4, 0.5) is 4.39 Å². The standard InChI is InChI=1S/C22H20ClFN4O3/c1-13-6-9-16(10-17(13)23)28-22(31)27(12-15-4-2-3-5-18(15)24)21(30)19(26-28)20(29)25-11-14-7-8-14/h2-6,9-10,14H,7-8,11-12H2,1H3,(H,25,29). The molecule has 1 saturated carbocycles. The molecule has 3 aromatic rings. The number of carbonyl (C=O) groups is 1. The summed E-state index contributed by atoms with van der Waals surface area (Å²) in [7, 11) is 0. The van der Waals surface area contributed by atoms with Gasteiger partial charge in [0.1, 0.15) is 5.82 Å². The van der Waals surface area contributed by atoms with Crippen LogP contribution in [0, 0.1) is 18.7 Å². The molecule has 7 nitrogen and oxygen atoms in total. The van der Waals surface area contributed by atoms with Crippen molar-refractivity contribution >= 4 is 17.5 Å². The van der Waals surface area contributed by atoms with Gasteiger partial charge in [0.15, 0.2) is 0 Å². The Hall–Kier alpha value is -3.26. The van der Waals surface area contributed by atoms with Gasteiger partial charge < -0.3 is 5.32 Å². The first-order valence-corrected chi connectivity index (χ1v) is 10.2. The van der Waals surface area contributed by atoms with E-state index in [1.54, 1.807) is 25.1 Å². The molecule has 1 aliphatic carbocycles. The summed E-state index contributed by atoms with van der Waals surface area (Å²) in [5.41, 5.74) is -0.887. The van der Waals surface area contributed by atoms with Crippen molar-refractivity contribution in [1.29, 1.82) is 0 Å². The summed E-state index contributed by atoms with van der Waals surface area (Å²) in [6.45, 7) is 1.90. The normalized spacial score (nSPS) is 13.3. The molecule has 1 aromatic heterocycles. The summed E-state index contributed by atoms with van der Waals surface area (Å²) in [6.07, 6.45) is 2.04. The first-order valence-electron chi connectivity index (χ1n) is 9.87. The molecule has 1 amide bonds. The lowest BCUT2D eigenvalue weighted by Gasteiger charge is -2.13. The maximum atomic E-state index is 14.2. The third kappa shape index (κ3) is 4.44. The number of rotatable bonds is 6. The van der Waals surface area contributed by atoms with Crippen LogP contribution >= 0.6 is 11.6 Å². The van der Waals surface area contributed by atoms with Gasteiger partial charge in [0.05, 0.1) is 12.2 Å². The molecule has 0 radical (unpaired) electrons. The lowest BCUT2D eigenvalue weighted by molar-refractivity contribution is 0.0942. The van der Waals surface area contributed by atoms with Crippen molar-refractivity contribution < 1.29 is 9.18 Å². The number of nitrogens with one attached hydrogen (secondary N) is 1. The summed E-state index contributed by atoms with van der Waals surface area (Å²) < 4.78 is 16.0. The number of halogens is 2. The minimum absolute atomic E-state index is 0.144. The lowest BCUT2D eigenvalue weighted by Crippen LogP contribution is -2.46. The van der Waals surface area contributed by atoms with Crippen LogP contribution in [0.1, 0.15) is 34.5 Å². The molecular weight excluding hydrogens is 423 g/mol. The SMILES string of the molecule is Cc1ccc(-n2nc(C(=O)NCC3CC3)c(=O)n(Cc3ccccc3F)c2=O)cc1Cl. The number of carbonyl (C=O) groups excluding carboxylic acids is 1. The Balaban J connectivity index is 1.85. The van der Waals surface area contributed by atoms with Crippen molar-refractivity contribution in [3.8, 4) is 5.69 Å². The Kier molecular flexibility index (Phi) is 5.73. The zero-order valence-electron chi connectivity index (χ0n) is 16.8. The van der Waals surface area contributed by atoms with Crippen LogP contribution in [0.15, 0.2) is 52.1 Å². The molecular formula is C22H20ClFN4O3. The van der Waals surface area contributed by atoms with Crippen LogP contribution in [0.25, 0.3) is 5.69 Å². The maximum Gasteiger partial charge on any atom is 0.352 e. The molecule has 0 spiro atoms. The minimum Gasteiger partial charge on any atom is -0.350 e. The van der Waals surface area contributed by atoms with E-state index in [9.17, 15) is 18.8 Å². The van der Waals surface area contributed by atoms with E-state index in [0.29, 0.717) is 23.2 Å². The molecule has 1 aliphatic rings. The van der Waals surface area contributed by atoms with Crippen LogP contribution in [0.2, 0.25) is 5.02 Å². The zero-order valence-corrected chi connectivity index (χ0v) is 17.5. The fraction of sp³-hybridized carbons (Fsp3) is 0.273. The van der Waals surface area contributed by atoms with E-state index in [-0.39, 0.29) is 12.1 Å². The van der Waals surface area contributed by atoms with Crippen molar-refractivity contribution in [2.75, 3.05) is 6.54 Å². The highest BCUT2D eigenvalue weighted by molar-refractivity contribution is 6.31. The molecule has 1 fully saturated rings. The molecule has 4 rings (SSSR count). The number of aromatic nitrogens is 3. The van der Waals surface area contributed by atoms with E-state index in [1.807, 2.05) is 0 Å². The fourth-order valence-corrected chi connectivity index (χ4v) is 3.29. The summed E-state index contributed by atoms with van der Waals surface area (Å²) in [5, 5.41) is 7.14. The molecule has 0 aliphatic heterocycles. The molecule has 0 atom stereocenters. The van der Waals surface area contributed by atoms with E-state index in [1.165, 1.54) is 24.3 Å². The monoisotopic (exact) mass is 442 g/mol. The van der Waals surface area contributed by atoms with Crippen LogP contribution in [-0.4, -0.2) is 26.8 Å². The summed E-state index contributed by atoms with van der Waals surface area (Å²) in [5.74, 6) is -0.840. The summed E-state index contributed by atoms with van der Waals surface area (Å²) in [4.78, 5) is 38.8. The number of hydrogen-bond donors (Lipinski definition) is 1.